The van der Waals surface area contributed by atoms with Crippen LogP contribution in [0.4, 0.5) is 0 Å². The molecule has 2 atom stereocenters. The van der Waals surface area contributed by atoms with Gasteiger partial charge >= 0.3 is 0 Å². The van der Waals surface area contributed by atoms with Gasteiger partial charge in [-0.1, -0.05) is 59.6 Å². The van der Waals surface area contributed by atoms with E-state index in [-0.39, 0.29) is 6.04 Å². The lowest BCUT2D eigenvalue weighted by atomic mass is 9.81. The Hall–Kier alpha value is -2.40. The van der Waals surface area contributed by atoms with Crippen molar-refractivity contribution in [3.63, 3.8) is 0 Å². The lowest BCUT2D eigenvalue weighted by Gasteiger charge is -2.33. The molecule has 0 spiro atoms. The minimum Gasteiger partial charge on any atom is -0.305 e. The first kappa shape index (κ1) is 15.6. The third kappa shape index (κ3) is 2.90. The normalized spacial score (nSPS) is 22.4. The molecule has 2 aromatic heterocycles. The molecule has 134 valence electrons. The molecule has 4 aromatic rings. The van der Waals surface area contributed by atoms with E-state index < -0.39 is 5.89 Å². The average molecular weight is 396 g/mol. The van der Waals surface area contributed by atoms with Crippen molar-refractivity contribution < 1.29 is 1.37 Å². The Labute approximate surface area is 168 Å². The van der Waals surface area contributed by atoms with Crippen molar-refractivity contribution in [3.05, 3.63) is 99.4 Å². The highest BCUT2D eigenvalue weighted by atomic mass is 35.5. The number of aromatic nitrogens is 3. The summed E-state index contributed by atoms with van der Waals surface area (Å²) in [6, 6.07) is 17.5. The fourth-order valence-electron chi connectivity index (χ4n) is 3.68. The number of hydrogen-bond donors (Lipinski definition) is 1. The molecule has 27 heavy (non-hydrogen) atoms. The number of fused-ring (bicyclic) bond motifs is 2. The molecule has 1 aliphatic heterocycles. The molecule has 1 N–H and O–H groups in total. The molecule has 1 aliphatic rings. The Morgan fingerprint density at radius 2 is 1.81 bits per heavy atom. The lowest BCUT2D eigenvalue weighted by Crippen LogP contribution is -2.34. The van der Waals surface area contributed by atoms with E-state index >= 15 is 0 Å². The second-order valence-electron chi connectivity index (χ2n) is 6.53. The minimum atomic E-state index is -0.960. The van der Waals surface area contributed by atoms with Crippen molar-refractivity contribution in [2.24, 2.45) is 0 Å². The molecule has 0 fully saturated rings. The van der Waals surface area contributed by atoms with E-state index in [1.165, 1.54) is 0 Å². The van der Waals surface area contributed by atoms with Crippen LogP contribution >= 0.6 is 23.2 Å². The first-order chi connectivity index (χ1) is 13.6. The van der Waals surface area contributed by atoms with E-state index in [1.54, 1.807) is 23.0 Å². The zero-order valence-corrected chi connectivity index (χ0v) is 15.7. The van der Waals surface area contributed by atoms with Gasteiger partial charge in [-0.05, 0) is 40.5 Å². The molecule has 0 saturated heterocycles. The van der Waals surface area contributed by atoms with Crippen molar-refractivity contribution in [2.75, 3.05) is 6.54 Å². The van der Waals surface area contributed by atoms with Gasteiger partial charge in [0.2, 0.25) is 0 Å². The van der Waals surface area contributed by atoms with Crippen molar-refractivity contribution in [1.82, 2.24) is 19.9 Å². The topological polar surface area (TPSA) is 42.2 Å². The maximum Gasteiger partial charge on any atom is 0.155 e. The van der Waals surface area contributed by atoms with E-state index in [0.717, 1.165) is 27.9 Å². The van der Waals surface area contributed by atoms with Crippen molar-refractivity contribution in [2.45, 2.75) is 11.9 Å². The van der Waals surface area contributed by atoms with Crippen LogP contribution in [-0.4, -0.2) is 21.1 Å². The van der Waals surface area contributed by atoms with Gasteiger partial charge in [-0.2, -0.15) is 5.10 Å². The van der Waals surface area contributed by atoms with Gasteiger partial charge in [-0.3, -0.25) is 0 Å². The Morgan fingerprint density at radius 3 is 2.67 bits per heavy atom. The van der Waals surface area contributed by atoms with E-state index in [2.05, 4.69) is 27.5 Å². The van der Waals surface area contributed by atoms with Gasteiger partial charge in [0.05, 0.1) is 16.1 Å². The Balaban J connectivity index is 1.63. The van der Waals surface area contributed by atoms with Crippen LogP contribution < -0.4 is 5.32 Å². The number of benzene rings is 2. The summed E-state index contributed by atoms with van der Waals surface area (Å²) in [7, 11) is 0. The highest BCUT2D eigenvalue weighted by molar-refractivity contribution is 6.42. The molecular weight excluding hydrogens is 379 g/mol. The van der Waals surface area contributed by atoms with Gasteiger partial charge in [0, 0.05) is 20.0 Å². The summed E-state index contributed by atoms with van der Waals surface area (Å²) in [6.45, 7) is 0.446. The maximum atomic E-state index is 9.28. The molecule has 0 radical (unpaired) electrons. The average Bonchev–Trinajstić information content (AvgIpc) is 3.18. The first-order valence-electron chi connectivity index (χ1n) is 9.14. The molecular formula is C21H16Cl2N4. The monoisotopic (exact) mass is 395 g/mol. The summed E-state index contributed by atoms with van der Waals surface area (Å²) < 4.78 is 11.0. The fraction of sp³-hybridized carbons (Fsp3) is 0.143. The molecule has 4 nitrogen and oxygen atoms in total. The van der Waals surface area contributed by atoms with Crippen LogP contribution in [0.5, 0.6) is 0 Å². The predicted molar refractivity (Wildman–Crippen MR) is 108 cm³/mol. The van der Waals surface area contributed by atoms with Gasteiger partial charge in [-0.15, -0.1) is 0 Å². The van der Waals surface area contributed by atoms with Crippen LogP contribution in [0.25, 0.3) is 5.65 Å². The third-order valence-electron chi connectivity index (χ3n) is 4.98. The molecule has 5 rings (SSSR count). The molecule has 0 aliphatic carbocycles. The second-order valence-corrected chi connectivity index (χ2v) is 7.35. The smallest absolute Gasteiger partial charge is 0.155 e. The highest BCUT2D eigenvalue weighted by Gasteiger charge is 2.29. The lowest BCUT2D eigenvalue weighted by molar-refractivity contribution is 0.529. The molecule has 0 bridgehead atoms. The summed E-state index contributed by atoms with van der Waals surface area (Å²) in [6.07, 6.45) is 3.52. The van der Waals surface area contributed by atoms with E-state index in [0.29, 0.717) is 16.6 Å². The largest absolute Gasteiger partial charge is 0.305 e. The van der Waals surface area contributed by atoms with Gasteiger partial charge in [0.25, 0.3) is 0 Å². The van der Waals surface area contributed by atoms with E-state index in [9.17, 15) is 1.37 Å². The molecule has 2 aromatic carbocycles. The SMILES string of the molecule is [2H]C1(c2ccc(Cl)c(Cl)c2)CNC(c2ccc3ncnn3c2)c2ccccc21. The summed E-state index contributed by atoms with van der Waals surface area (Å²) in [5.41, 5.74) is 4.71. The predicted octanol–water partition coefficient (Wildman–Crippen LogP) is 4.86. The quantitative estimate of drug-likeness (QED) is 0.526. The third-order valence-corrected chi connectivity index (χ3v) is 5.72. The van der Waals surface area contributed by atoms with Gasteiger partial charge in [0.15, 0.2) is 5.65 Å². The number of halogens is 2. The minimum absolute atomic E-state index is 0.0361. The van der Waals surface area contributed by atoms with Crippen molar-refractivity contribution in [1.29, 1.82) is 0 Å². The van der Waals surface area contributed by atoms with Gasteiger partial charge in [-0.25, -0.2) is 9.50 Å². The van der Waals surface area contributed by atoms with E-state index in [4.69, 9.17) is 23.2 Å². The number of pyridine rings is 1. The summed E-state index contributed by atoms with van der Waals surface area (Å²) in [5.74, 6) is -0.960. The summed E-state index contributed by atoms with van der Waals surface area (Å²) >= 11 is 12.3. The Bertz CT molecular complexity index is 1190. The first-order valence-corrected chi connectivity index (χ1v) is 9.39. The number of rotatable bonds is 2. The zero-order valence-electron chi connectivity index (χ0n) is 15.2. The van der Waals surface area contributed by atoms with Crippen LogP contribution in [0.2, 0.25) is 10.0 Å². The van der Waals surface area contributed by atoms with Gasteiger partial charge in [0.1, 0.15) is 6.33 Å². The van der Waals surface area contributed by atoms with Crippen molar-refractivity contribution in [3.8, 4) is 0 Å². The van der Waals surface area contributed by atoms with Crippen LogP contribution in [0.1, 0.15) is 35.6 Å². The van der Waals surface area contributed by atoms with E-state index in [1.807, 2.05) is 36.5 Å². The molecule has 0 amide bonds. The summed E-state index contributed by atoms with van der Waals surface area (Å²) in [4.78, 5) is 4.21. The van der Waals surface area contributed by atoms with Gasteiger partial charge < -0.3 is 5.32 Å². The van der Waals surface area contributed by atoms with Crippen LogP contribution in [-0.2, 0) is 0 Å². The van der Waals surface area contributed by atoms with Crippen LogP contribution in [0.15, 0.2) is 67.1 Å². The fourth-order valence-corrected chi connectivity index (χ4v) is 3.97. The summed E-state index contributed by atoms with van der Waals surface area (Å²) in [5, 5.41) is 8.74. The number of nitrogens with zero attached hydrogens (tertiary/aromatic N) is 3. The second kappa shape index (κ2) is 6.64. The van der Waals surface area contributed by atoms with Crippen molar-refractivity contribution >= 4 is 28.8 Å². The standard InChI is InChI=1S/C21H16Cl2N4/c22-18-7-5-13(9-19(18)23)17-10-24-21(16-4-2-1-3-15(16)17)14-6-8-20-25-12-26-27(20)11-14/h1-9,11-12,17,21,24H,10H2/i17D. The molecule has 3 heterocycles. The number of hydrogen-bond acceptors (Lipinski definition) is 3. The molecule has 6 heteroatoms. The molecule has 2 unspecified atom stereocenters. The Kier molecular flexibility index (Phi) is 3.85. The molecule has 0 saturated carbocycles. The number of nitrogens with one attached hydrogen (secondary N) is 1. The zero-order chi connectivity index (χ0) is 19.3. The van der Waals surface area contributed by atoms with Crippen LogP contribution in [0, 0.1) is 0 Å². The highest BCUT2D eigenvalue weighted by Crippen LogP contribution is 2.38. The van der Waals surface area contributed by atoms with Crippen LogP contribution in [0.3, 0.4) is 0 Å². The Morgan fingerprint density at radius 1 is 1.00 bits per heavy atom. The maximum absolute atomic E-state index is 9.28.